The first-order valence-corrected chi connectivity index (χ1v) is 4.05. The lowest BCUT2D eigenvalue weighted by Gasteiger charge is -1.94. The number of hydrogen-bond donors (Lipinski definition) is 2. The minimum atomic E-state index is -0.574. The molecule has 1 rings (SSSR count). The normalized spacial score (nSPS) is 9.62. The first-order valence-electron chi connectivity index (χ1n) is 3.23. The highest BCUT2D eigenvalue weighted by Crippen LogP contribution is 2.24. The largest absolute Gasteiger partial charge is 0.345 e. The van der Waals surface area contributed by atoms with E-state index >= 15 is 0 Å². The molecule has 0 aliphatic carbocycles. The van der Waals surface area contributed by atoms with Crippen molar-refractivity contribution in [1.29, 1.82) is 0 Å². The van der Waals surface area contributed by atoms with Crippen LogP contribution in [0, 0.1) is 10.1 Å². The zero-order valence-electron chi connectivity index (χ0n) is 6.39. The quantitative estimate of drug-likeness (QED) is 0.527. The van der Waals surface area contributed by atoms with Gasteiger partial charge in [-0.1, -0.05) is 0 Å². The van der Waals surface area contributed by atoms with Crippen molar-refractivity contribution in [2.24, 2.45) is 5.73 Å². The highest BCUT2D eigenvalue weighted by Gasteiger charge is 2.12. The van der Waals surface area contributed by atoms with Gasteiger partial charge in [-0.3, -0.25) is 14.9 Å². The van der Waals surface area contributed by atoms with Gasteiger partial charge < -0.3 is 11.1 Å². The monoisotopic (exact) mass is 202 g/mol. The Bertz CT molecular complexity index is 336. The third kappa shape index (κ3) is 2.46. The van der Waals surface area contributed by atoms with Gasteiger partial charge in [0.25, 0.3) is 0 Å². The lowest BCUT2D eigenvalue weighted by molar-refractivity contribution is -0.380. The molecule has 0 saturated heterocycles. The first-order chi connectivity index (χ1) is 6.13. The summed E-state index contributed by atoms with van der Waals surface area (Å²) in [6.07, 6.45) is 1.08. The Morgan fingerprint density at radius 3 is 3.00 bits per heavy atom. The van der Waals surface area contributed by atoms with Gasteiger partial charge >= 0.3 is 5.00 Å². The molecule has 1 heterocycles. The molecular weight excluding hydrogens is 196 g/mol. The van der Waals surface area contributed by atoms with Crippen molar-refractivity contribution in [3.63, 3.8) is 0 Å². The van der Waals surface area contributed by atoms with Gasteiger partial charge in [0.2, 0.25) is 5.91 Å². The molecule has 0 aliphatic rings. The molecule has 0 saturated carbocycles. The van der Waals surface area contributed by atoms with E-state index in [1.54, 1.807) is 0 Å². The highest BCUT2D eigenvalue weighted by atomic mass is 32.1. The molecule has 0 spiro atoms. The minimum absolute atomic E-state index is 0.118. The van der Waals surface area contributed by atoms with Crippen LogP contribution < -0.4 is 11.1 Å². The molecule has 0 fully saturated rings. The van der Waals surface area contributed by atoms with Crippen LogP contribution in [-0.4, -0.2) is 22.4 Å². The molecule has 13 heavy (non-hydrogen) atoms. The Balaban J connectivity index is 2.69. The van der Waals surface area contributed by atoms with E-state index in [0.29, 0.717) is 0 Å². The van der Waals surface area contributed by atoms with E-state index in [2.05, 4.69) is 10.3 Å². The number of carbonyl (C=O) groups is 1. The summed E-state index contributed by atoms with van der Waals surface area (Å²) in [6, 6.07) is 0. The number of nitro groups is 1. The van der Waals surface area contributed by atoms with Gasteiger partial charge in [0, 0.05) is 0 Å². The lowest BCUT2D eigenvalue weighted by atomic mass is 10.6. The van der Waals surface area contributed by atoms with Crippen LogP contribution in [0.3, 0.4) is 0 Å². The Labute approximate surface area is 76.7 Å². The summed E-state index contributed by atoms with van der Waals surface area (Å²) in [4.78, 5) is 24.0. The summed E-state index contributed by atoms with van der Waals surface area (Å²) >= 11 is 0.787. The maximum atomic E-state index is 10.7. The smallest absolute Gasteiger partial charge is 0.322 e. The molecule has 0 aromatic carbocycles. The highest BCUT2D eigenvalue weighted by molar-refractivity contribution is 7.18. The predicted octanol–water partition coefficient (Wildman–Crippen LogP) is -0.0515. The Hall–Kier alpha value is -1.54. The summed E-state index contributed by atoms with van der Waals surface area (Å²) < 4.78 is 0. The second kappa shape index (κ2) is 3.92. The Kier molecular flexibility index (Phi) is 2.88. The van der Waals surface area contributed by atoms with Gasteiger partial charge in [-0.2, -0.15) is 0 Å². The standard InChI is InChI=1S/C5H6N4O3S/c6-1-3(10)8-5-7-2-4(13-5)9(11)12/h2H,1,6H2,(H,7,8,10). The molecular formula is C5H6N4O3S. The fourth-order valence-electron chi connectivity index (χ4n) is 0.578. The topological polar surface area (TPSA) is 111 Å². The van der Waals surface area contributed by atoms with Crippen LogP contribution in [0.5, 0.6) is 0 Å². The maximum absolute atomic E-state index is 10.7. The number of carbonyl (C=O) groups excluding carboxylic acids is 1. The summed E-state index contributed by atoms with van der Waals surface area (Å²) in [5.74, 6) is -0.427. The molecule has 70 valence electrons. The van der Waals surface area contributed by atoms with E-state index in [9.17, 15) is 14.9 Å². The second-order valence-corrected chi connectivity index (χ2v) is 3.02. The molecule has 0 atom stereocenters. The van der Waals surface area contributed by atoms with Crippen molar-refractivity contribution >= 4 is 27.4 Å². The predicted molar refractivity (Wildman–Crippen MR) is 46.5 cm³/mol. The molecule has 1 aromatic rings. The third-order valence-corrected chi connectivity index (χ3v) is 1.97. The molecule has 0 unspecified atom stereocenters. The molecule has 7 nitrogen and oxygen atoms in total. The number of rotatable bonds is 3. The number of amides is 1. The number of aromatic nitrogens is 1. The van der Waals surface area contributed by atoms with Crippen molar-refractivity contribution in [1.82, 2.24) is 4.98 Å². The summed E-state index contributed by atoms with van der Waals surface area (Å²) in [6.45, 7) is -0.173. The van der Waals surface area contributed by atoms with Crippen LogP contribution in [-0.2, 0) is 4.79 Å². The number of nitrogens with zero attached hydrogens (tertiary/aromatic N) is 2. The molecule has 1 aromatic heterocycles. The van der Waals surface area contributed by atoms with Crippen molar-refractivity contribution in [3.05, 3.63) is 16.3 Å². The summed E-state index contributed by atoms with van der Waals surface area (Å²) in [5.41, 5.74) is 5.02. The van der Waals surface area contributed by atoms with Crippen LogP contribution in [0.25, 0.3) is 0 Å². The van der Waals surface area contributed by atoms with Crippen LogP contribution in [0.1, 0.15) is 0 Å². The van der Waals surface area contributed by atoms with Gasteiger partial charge in [0.1, 0.15) is 6.20 Å². The van der Waals surface area contributed by atoms with E-state index in [0.717, 1.165) is 17.5 Å². The number of thiazole rings is 1. The zero-order valence-corrected chi connectivity index (χ0v) is 7.21. The minimum Gasteiger partial charge on any atom is -0.322 e. The Morgan fingerprint density at radius 1 is 1.85 bits per heavy atom. The maximum Gasteiger partial charge on any atom is 0.345 e. The molecule has 3 N–H and O–H groups in total. The van der Waals surface area contributed by atoms with Crippen molar-refractivity contribution in [2.45, 2.75) is 0 Å². The summed E-state index contributed by atoms with van der Waals surface area (Å²) in [7, 11) is 0. The SMILES string of the molecule is NCC(=O)Nc1ncc([N+](=O)[O-])s1. The van der Waals surface area contributed by atoms with Gasteiger partial charge in [0.05, 0.1) is 11.5 Å². The lowest BCUT2D eigenvalue weighted by Crippen LogP contribution is -2.21. The van der Waals surface area contributed by atoms with Crippen LogP contribution in [0.15, 0.2) is 6.20 Å². The molecule has 0 radical (unpaired) electrons. The number of hydrogen-bond acceptors (Lipinski definition) is 6. The fraction of sp³-hybridized carbons (Fsp3) is 0.200. The van der Waals surface area contributed by atoms with Gasteiger partial charge in [-0.05, 0) is 11.3 Å². The number of nitrogens with one attached hydrogen (secondary N) is 1. The molecule has 8 heteroatoms. The Morgan fingerprint density at radius 2 is 2.54 bits per heavy atom. The van der Waals surface area contributed by atoms with Crippen LogP contribution >= 0.6 is 11.3 Å². The zero-order chi connectivity index (χ0) is 9.84. The van der Waals surface area contributed by atoms with E-state index in [4.69, 9.17) is 5.73 Å². The number of anilines is 1. The van der Waals surface area contributed by atoms with E-state index in [-0.39, 0.29) is 16.7 Å². The van der Waals surface area contributed by atoms with E-state index < -0.39 is 10.8 Å². The average Bonchev–Trinajstić information content (AvgIpc) is 2.52. The van der Waals surface area contributed by atoms with Crippen LogP contribution in [0.4, 0.5) is 10.1 Å². The van der Waals surface area contributed by atoms with Crippen molar-refractivity contribution < 1.29 is 9.72 Å². The number of nitrogens with two attached hydrogens (primary N) is 1. The fourth-order valence-corrected chi connectivity index (χ4v) is 1.23. The third-order valence-electron chi connectivity index (χ3n) is 1.11. The van der Waals surface area contributed by atoms with E-state index in [1.165, 1.54) is 0 Å². The molecule has 1 amide bonds. The van der Waals surface area contributed by atoms with Crippen LogP contribution in [0.2, 0.25) is 0 Å². The summed E-state index contributed by atoms with van der Waals surface area (Å²) in [5, 5.41) is 12.6. The van der Waals surface area contributed by atoms with Gasteiger partial charge in [0.15, 0.2) is 5.13 Å². The van der Waals surface area contributed by atoms with Crippen molar-refractivity contribution in [2.75, 3.05) is 11.9 Å². The average molecular weight is 202 g/mol. The van der Waals surface area contributed by atoms with E-state index in [1.807, 2.05) is 0 Å². The van der Waals surface area contributed by atoms with Gasteiger partial charge in [-0.15, -0.1) is 0 Å². The molecule has 0 aliphatic heterocycles. The first kappa shape index (κ1) is 9.55. The van der Waals surface area contributed by atoms with Gasteiger partial charge in [-0.25, -0.2) is 4.98 Å². The second-order valence-electron chi connectivity index (χ2n) is 2.01. The molecule has 0 bridgehead atoms. The van der Waals surface area contributed by atoms with Crippen molar-refractivity contribution in [3.8, 4) is 0 Å².